The maximum atomic E-state index is 12.2. The number of rotatable bonds is 3. The summed E-state index contributed by atoms with van der Waals surface area (Å²) in [5, 5.41) is 25.4. The first-order chi connectivity index (χ1) is 8.90. The number of hydrogen-bond acceptors (Lipinski definition) is 4. The fourth-order valence-electron chi connectivity index (χ4n) is 2.41. The van der Waals surface area contributed by atoms with Crippen LogP contribution in [0.25, 0.3) is 0 Å². The van der Waals surface area contributed by atoms with E-state index in [0.29, 0.717) is 0 Å². The summed E-state index contributed by atoms with van der Waals surface area (Å²) in [6.07, 6.45) is -0.577. The molecule has 0 unspecified atom stereocenters. The van der Waals surface area contributed by atoms with E-state index in [4.69, 9.17) is 5.11 Å². The summed E-state index contributed by atoms with van der Waals surface area (Å²) in [5.41, 5.74) is 2.32. The van der Waals surface area contributed by atoms with E-state index in [0.717, 1.165) is 17.0 Å². The van der Waals surface area contributed by atoms with Gasteiger partial charge >= 0.3 is 5.97 Å². The molecular formula is C12H17N3O4. The van der Waals surface area contributed by atoms with Crippen LogP contribution in [0.4, 0.5) is 0 Å². The topological polar surface area (TPSA) is 107 Å². The van der Waals surface area contributed by atoms with Crippen molar-refractivity contribution >= 4 is 11.9 Å². The Bertz CT molecular complexity index is 492. The van der Waals surface area contributed by atoms with E-state index < -0.39 is 18.1 Å². The number of carboxylic acid groups (broad SMARTS) is 1. The molecule has 0 aliphatic carbocycles. The van der Waals surface area contributed by atoms with Crippen LogP contribution in [0.15, 0.2) is 0 Å². The molecule has 1 amide bonds. The Morgan fingerprint density at radius 3 is 2.68 bits per heavy atom. The fourth-order valence-corrected chi connectivity index (χ4v) is 2.41. The molecule has 0 saturated carbocycles. The van der Waals surface area contributed by atoms with Gasteiger partial charge in [0.1, 0.15) is 6.04 Å². The Morgan fingerprint density at radius 2 is 2.16 bits per heavy atom. The van der Waals surface area contributed by atoms with E-state index in [2.05, 4.69) is 10.2 Å². The standard InChI is InChI=1S/C12H17N3O4/c1-6-9(7(2)14-13-6)4-11(17)15-5-8(16)3-10(15)12(18)19/h8,10,16H,3-5H2,1-2H3,(H,13,14)(H,18,19)/t8-,10+/m1/s1. The first kappa shape index (κ1) is 13.5. The summed E-state index contributed by atoms with van der Waals surface area (Å²) in [7, 11) is 0. The van der Waals surface area contributed by atoms with Crippen molar-refractivity contribution in [2.75, 3.05) is 6.54 Å². The number of aliphatic hydroxyl groups is 1. The number of carbonyl (C=O) groups excluding carboxylic acids is 1. The lowest BCUT2D eigenvalue weighted by molar-refractivity contribution is -0.148. The number of hydrogen-bond donors (Lipinski definition) is 3. The number of nitrogens with zero attached hydrogens (tertiary/aromatic N) is 2. The maximum Gasteiger partial charge on any atom is 0.326 e. The summed E-state index contributed by atoms with van der Waals surface area (Å²) >= 11 is 0. The third-order valence-electron chi connectivity index (χ3n) is 3.49. The first-order valence-corrected chi connectivity index (χ1v) is 6.11. The van der Waals surface area contributed by atoms with E-state index in [-0.39, 0.29) is 25.3 Å². The third-order valence-corrected chi connectivity index (χ3v) is 3.49. The van der Waals surface area contributed by atoms with Crippen molar-refractivity contribution in [1.29, 1.82) is 0 Å². The molecule has 0 bridgehead atoms. The summed E-state index contributed by atoms with van der Waals surface area (Å²) in [6.45, 7) is 3.68. The third kappa shape index (κ3) is 2.60. The molecule has 0 spiro atoms. The van der Waals surface area contributed by atoms with Gasteiger partial charge in [0.25, 0.3) is 0 Å². The number of nitrogens with one attached hydrogen (secondary N) is 1. The average Bonchev–Trinajstić information content (AvgIpc) is 2.87. The van der Waals surface area contributed by atoms with Gasteiger partial charge in [0, 0.05) is 24.2 Å². The normalized spacial score (nSPS) is 22.8. The van der Waals surface area contributed by atoms with E-state index in [1.807, 2.05) is 6.92 Å². The Kier molecular flexibility index (Phi) is 3.57. The van der Waals surface area contributed by atoms with Gasteiger partial charge < -0.3 is 15.1 Å². The first-order valence-electron chi connectivity index (χ1n) is 6.11. The van der Waals surface area contributed by atoms with Gasteiger partial charge in [0.05, 0.1) is 18.2 Å². The van der Waals surface area contributed by atoms with Gasteiger partial charge in [-0.25, -0.2) is 4.79 Å². The van der Waals surface area contributed by atoms with E-state index in [9.17, 15) is 14.7 Å². The quantitative estimate of drug-likeness (QED) is 0.692. The number of carboxylic acids is 1. The predicted molar refractivity (Wildman–Crippen MR) is 65.5 cm³/mol. The number of aliphatic hydroxyl groups excluding tert-OH is 1. The number of carbonyl (C=O) groups is 2. The van der Waals surface area contributed by atoms with Crippen molar-refractivity contribution in [3.63, 3.8) is 0 Å². The van der Waals surface area contributed by atoms with Gasteiger partial charge in [-0.15, -0.1) is 0 Å². The number of amides is 1. The number of aromatic amines is 1. The number of β-amino-alcohol motifs (C(OH)–C–C–N with tert-alkyl or cyclic N) is 1. The molecule has 1 aliphatic rings. The van der Waals surface area contributed by atoms with E-state index in [1.165, 1.54) is 4.90 Å². The molecule has 3 N–H and O–H groups in total. The minimum Gasteiger partial charge on any atom is -0.480 e. The van der Waals surface area contributed by atoms with Crippen LogP contribution in [-0.4, -0.2) is 55.9 Å². The van der Waals surface area contributed by atoms with Gasteiger partial charge in [-0.2, -0.15) is 5.10 Å². The number of likely N-dealkylation sites (tertiary alicyclic amines) is 1. The van der Waals surface area contributed by atoms with Crippen LogP contribution >= 0.6 is 0 Å². The molecule has 104 valence electrons. The summed E-state index contributed by atoms with van der Waals surface area (Å²) in [5.74, 6) is -1.37. The molecule has 1 saturated heterocycles. The highest BCUT2D eigenvalue weighted by Crippen LogP contribution is 2.20. The van der Waals surface area contributed by atoms with Gasteiger partial charge in [-0.05, 0) is 13.8 Å². The van der Waals surface area contributed by atoms with E-state index >= 15 is 0 Å². The lowest BCUT2D eigenvalue weighted by Crippen LogP contribution is -2.41. The number of aryl methyl sites for hydroxylation is 2. The van der Waals surface area contributed by atoms with Gasteiger partial charge in [0.2, 0.25) is 5.91 Å². The van der Waals surface area contributed by atoms with Crippen LogP contribution in [0.2, 0.25) is 0 Å². The Morgan fingerprint density at radius 1 is 1.47 bits per heavy atom. The highest BCUT2D eigenvalue weighted by Gasteiger charge is 2.38. The second kappa shape index (κ2) is 5.00. The molecule has 7 heteroatoms. The molecular weight excluding hydrogens is 250 g/mol. The smallest absolute Gasteiger partial charge is 0.326 e. The van der Waals surface area contributed by atoms with Crippen LogP contribution < -0.4 is 0 Å². The number of H-pyrrole nitrogens is 1. The number of aromatic nitrogens is 2. The predicted octanol–water partition coefficient (Wildman–Crippen LogP) is -0.385. The molecule has 7 nitrogen and oxygen atoms in total. The Balaban J connectivity index is 2.13. The highest BCUT2D eigenvalue weighted by atomic mass is 16.4. The summed E-state index contributed by atoms with van der Waals surface area (Å²) < 4.78 is 0. The zero-order chi connectivity index (χ0) is 14.2. The zero-order valence-electron chi connectivity index (χ0n) is 10.9. The Labute approximate surface area is 110 Å². The maximum absolute atomic E-state index is 12.2. The second-order valence-electron chi connectivity index (χ2n) is 4.88. The lowest BCUT2D eigenvalue weighted by Gasteiger charge is -2.21. The minimum absolute atomic E-state index is 0.0751. The van der Waals surface area contributed by atoms with Crippen LogP contribution in [0.1, 0.15) is 23.4 Å². The monoisotopic (exact) mass is 267 g/mol. The molecule has 1 aromatic rings. The number of aliphatic carboxylic acids is 1. The summed E-state index contributed by atoms with van der Waals surface area (Å²) in [6, 6.07) is -0.935. The van der Waals surface area contributed by atoms with Crippen molar-refractivity contribution in [2.24, 2.45) is 0 Å². The van der Waals surface area contributed by atoms with Crippen molar-refractivity contribution < 1.29 is 19.8 Å². The highest BCUT2D eigenvalue weighted by molar-refractivity contribution is 5.86. The van der Waals surface area contributed by atoms with Crippen LogP contribution in [0, 0.1) is 13.8 Å². The average molecular weight is 267 g/mol. The SMILES string of the molecule is Cc1n[nH]c(C)c1CC(=O)N1C[C@H](O)C[C@H]1C(=O)O. The molecule has 1 aromatic heterocycles. The van der Waals surface area contributed by atoms with E-state index in [1.54, 1.807) is 6.92 Å². The molecule has 2 rings (SSSR count). The van der Waals surface area contributed by atoms with Crippen LogP contribution in [0.3, 0.4) is 0 Å². The van der Waals surface area contributed by atoms with Crippen molar-refractivity contribution in [3.05, 3.63) is 17.0 Å². The molecule has 2 atom stereocenters. The zero-order valence-corrected chi connectivity index (χ0v) is 10.9. The molecule has 0 radical (unpaired) electrons. The van der Waals surface area contributed by atoms with Crippen LogP contribution in [-0.2, 0) is 16.0 Å². The van der Waals surface area contributed by atoms with Crippen molar-refractivity contribution in [2.45, 2.75) is 38.8 Å². The molecule has 1 aliphatic heterocycles. The van der Waals surface area contributed by atoms with Gasteiger partial charge in [-0.3, -0.25) is 9.89 Å². The van der Waals surface area contributed by atoms with Crippen molar-refractivity contribution in [1.82, 2.24) is 15.1 Å². The van der Waals surface area contributed by atoms with Gasteiger partial charge in [0.15, 0.2) is 0 Å². The second-order valence-corrected chi connectivity index (χ2v) is 4.88. The minimum atomic E-state index is -1.08. The Hall–Kier alpha value is -1.89. The molecule has 2 heterocycles. The molecule has 1 fully saturated rings. The lowest BCUT2D eigenvalue weighted by atomic mass is 10.1. The molecule has 19 heavy (non-hydrogen) atoms. The fraction of sp³-hybridized carbons (Fsp3) is 0.583. The van der Waals surface area contributed by atoms with Crippen LogP contribution in [0.5, 0.6) is 0 Å². The van der Waals surface area contributed by atoms with Crippen molar-refractivity contribution in [3.8, 4) is 0 Å². The largest absolute Gasteiger partial charge is 0.480 e. The summed E-state index contributed by atoms with van der Waals surface area (Å²) in [4.78, 5) is 24.5. The molecule has 0 aromatic carbocycles. The van der Waals surface area contributed by atoms with Gasteiger partial charge in [-0.1, -0.05) is 0 Å².